The molecule has 2 N–H and O–H groups in total. The fourth-order valence-electron chi connectivity index (χ4n) is 4.79. The van der Waals surface area contributed by atoms with E-state index in [1.807, 2.05) is 31.2 Å². The molecule has 0 aromatic heterocycles. The Morgan fingerprint density at radius 3 is 2.68 bits per heavy atom. The molecular formula is C21H28N4O3. The van der Waals surface area contributed by atoms with Crippen LogP contribution in [-0.4, -0.2) is 47.9 Å². The Balaban J connectivity index is 1.46. The normalized spacial score (nSPS) is 27.4. The number of nitrogens with one attached hydrogen (secondary N) is 2. The van der Waals surface area contributed by atoms with Crippen LogP contribution in [0.5, 0.6) is 0 Å². The van der Waals surface area contributed by atoms with Crippen molar-refractivity contribution in [3.05, 3.63) is 24.3 Å². The average Bonchev–Trinajstić information content (AvgIpc) is 3.29. The van der Waals surface area contributed by atoms with Crippen LogP contribution in [0.3, 0.4) is 0 Å². The van der Waals surface area contributed by atoms with Gasteiger partial charge in [-0.05, 0) is 43.7 Å². The summed E-state index contributed by atoms with van der Waals surface area (Å²) in [5, 5.41) is 5.80. The summed E-state index contributed by atoms with van der Waals surface area (Å²) in [4.78, 5) is 41.5. The largest absolute Gasteiger partial charge is 0.370 e. The standard InChI is InChI=1S/C21H28N4O3/c1-15-8-4-5-11-21(15)19(27)25(20(28)23-21)14-18(26)22-16-9-2-3-10-17(16)24-12-6-7-13-24/h2-3,9-10,15H,4-8,11-14H2,1H3,(H,22,26)(H,23,28)/t15-,21+/m0/s1. The molecule has 150 valence electrons. The molecule has 1 aliphatic carbocycles. The van der Waals surface area contributed by atoms with E-state index in [9.17, 15) is 14.4 Å². The lowest BCUT2D eigenvalue weighted by Crippen LogP contribution is -2.54. The minimum atomic E-state index is -0.830. The van der Waals surface area contributed by atoms with Crippen LogP contribution < -0.4 is 15.5 Å². The molecule has 2 aliphatic heterocycles. The van der Waals surface area contributed by atoms with Crippen molar-refractivity contribution in [3.8, 4) is 0 Å². The third-order valence-electron chi connectivity index (χ3n) is 6.43. The minimum Gasteiger partial charge on any atom is -0.370 e. The van der Waals surface area contributed by atoms with Crippen LogP contribution in [0.2, 0.25) is 0 Å². The number of para-hydroxylation sites is 2. The van der Waals surface area contributed by atoms with Crippen LogP contribution in [0.4, 0.5) is 16.2 Å². The zero-order valence-corrected chi connectivity index (χ0v) is 16.4. The van der Waals surface area contributed by atoms with E-state index in [4.69, 9.17) is 0 Å². The second kappa shape index (κ2) is 7.45. The van der Waals surface area contributed by atoms with Crippen molar-refractivity contribution in [1.82, 2.24) is 10.2 Å². The lowest BCUT2D eigenvalue weighted by atomic mass is 9.73. The fraction of sp³-hybridized carbons (Fsp3) is 0.571. The van der Waals surface area contributed by atoms with Gasteiger partial charge >= 0.3 is 6.03 Å². The molecule has 7 nitrogen and oxygen atoms in total. The number of anilines is 2. The number of hydrogen-bond donors (Lipinski definition) is 2. The van der Waals surface area contributed by atoms with Gasteiger partial charge in [-0.25, -0.2) is 4.79 Å². The number of benzene rings is 1. The molecule has 0 radical (unpaired) electrons. The second-order valence-corrected chi connectivity index (χ2v) is 8.20. The van der Waals surface area contributed by atoms with Crippen molar-refractivity contribution in [2.75, 3.05) is 29.9 Å². The van der Waals surface area contributed by atoms with Crippen LogP contribution in [0.15, 0.2) is 24.3 Å². The summed E-state index contributed by atoms with van der Waals surface area (Å²) < 4.78 is 0. The Hall–Kier alpha value is -2.57. The first-order valence-corrected chi connectivity index (χ1v) is 10.3. The van der Waals surface area contributed by atoms with Crippen molar-refractivity contribution < 1.29 is 14.4 Å². The number of urea groups is 1. The molecule has 1 aromatic rings. The monoisotopic (exact) mass is 384 g/mol. The van der Waals surface area contributed by atoms with Gasteiger partial charge in [-0.15, -0.1) is 0 Å². The number of carbonyl (C=O) groups is 3. The highest BCUT2D eigenvalue weighted by Crippen LogP contribution is 2.38. The SMILES string of the molecule is C[C@H]1CCCC[C@@]12NC(=O)N(CC(=O)Nc1ccccc1N1CCCC1)C2=O. The molecule has 3 aliphatic rings. The first-order valence-electron chi connectivity index (χ1n) is 10.3. The number of rotatable bonds is 4. The van der Waals surface area contributed by atoms with E-state index >= 15 is 0 Å². The highest BCUT2D eigenvalue weighted by molar-refractivity contribution is 6.10. The van der Waals surface area contributed by atoms with Crippen LogP contribution in [0.25, 0.3) is 0 Å². The van der Waals surface area contributed by atoms with Gasteiger partial charge in [-0.2, -0.15) is 0 Å². The van der Waals surface area contributed by atoms with Crippen LogP contribution in [-0.2, 0) is 9.59 Å². The Kier molecular flexibility index (Phi) is 5.00. The molecule has 1 aromatic carbocycles. The summed E-state index contributed by atoms with van der Waals surface area (Å²) in [5.74, 6) is -0.523. The van der Waals surface area contributed by atoms with Crippen molar-refractivity contribution in [1.29, 1.82) is 0 Å². The quantitative estimate of drug-likeness (QED) is 0.782. The van der Waals surface area contributed by atoms with Crippen molar-refractivity contribution >= 4 is 29.2 Å². The Labute approximate surface area is 165 Å². The fourth-order valence-corrected chi connectivity index (χ4v) is 4.79. The van der Waals surface area contributed by atoms with E-state index < -0.39 is 11.6 Å². The predicted octanol–water partition coefficient (Wildman–Crippen LogP) is 2.73. The first kappa shape index (κ1) is 18.8. The molecule has 1 spiro atoms. The van der Waals surface area contributed by atoms with Gasteiger partial charge < -0.3 is 15.5 Å². The average molecular weight is 384 g/mol. The summed E-state index contributed by atoms with van der Waals surface area (Å²) in [6.45, 7) is 3.70. The molecule has 4 amide bonds. The molecule has 28 heavy (non-hydrogen) atoms. The van der Waals surface area contributed by atoms with Gasteiger partial charge in [0.2, 0.25) is 5.91 Å². The zero-order valence-electron chi connectivity index (χ0n) is 16.4. The van der Waals surface area contributed by atoms with Gasteiger partial charge in [0.05, 0.1) is 11.4 Å². The molecule has 0 bridgehead atoms. The summed E-state index contributed by atoms with van der Waals surface area (Å²) >= 11 is 0. The third kappa shape index (κ3) is 3.23. The molecule has 3 fully saturated rings. The maximum absolute atomic E-state index is 13.0. The smallest absolute Gasteiger partial charge is 0.325 e. The lowest BCUT2D eigenvalue weighted by molar-refractivity contribution is -0.136. The molecule has 2 heterocycles. The van der Waals surface area contributed by atoms with E-state index in [0.29, 0.717) is 6.42 Å². The molecule has 2 saturated heterocycles. The summed E-state index contributed by atoms with van der Waals surface area (Å²) in [5.41, 5.74) is 0.883. The lowest BCUT2D eigenvalue weighted by Gasteiger charge is -2.36. The molecule has 7 heteroatoms. The second-order valence-electron chi connectivity index (χ2n) is 8.20. The van der Waals surface area contributed by atoms with E-state index in [-0.39, 0.29) is 24.3 Å². The number of hydrogen-bond acceptors (Lipinski definition) is 4. The predicted molar refractivity (Wildman–Crippen MR) is 107 cm³/mol. The number of amides is 4. The van der Waals surface area contributed by atoms with Gasteiger partial charge in [0, 0.05) is 13.1 Å². The Bertz CT molecular complexity index is 790. The number of imide groups is 1. The molecular weight excluding hydrogens is 356 g/mol. The molecule has 2 atom stereocenters. The topological polar surface area (TPSA) is 81.8 Å². The number of nitrogens with zero attached hydrogens (tertiary/aromatic N) is 2. The van der Waals surface area contributed by atoms with Crippen LogP contribution >= 0.6 is 0 Å². The highest BCUT2D eigenvalue weighted by atomic mass is 16.2. The maximum atomic E-state index is 13.0. The maximum Gasteiger partial charge on any atom is 0.325 e. The Morgan fingerprint density at radius 2 is 1.93 bits per heavy atom. The molecule has 4 rings (SSSR count). The van der Waals surface area contributed by atoms with E-state index in [1.165, 1.54) is 0 Å². The van der Waals surface area contributed by atoms with Crippen molar-refractivity contribution in [2.45, 2.75) is 51.0 Å². The summed E-state index contributed by atoms with van der Waals surface area (Å²) in [6.07, 6.45) is 5.83. The van der Waals surface area contributed by atoms with E-state index in [1.54, 1.807) is 0 Å². The molecule has 1 saturated carbocycles. The van der Waals surface area contributed by atoms with E-state index in [2.05, 4.69) is 15.5 Å². The van der Waals surface area contributed by atoms with Gasteiger partial charge in [-0.1, -0.05) is 31.9 Å². The van der Waals surface area contributed by atoms with Gasteiger partial charge in [0.15, 0.2) is 0 Å². The minimum absolute atomic E-state index is 0.0849. The van der Waals surface area contributed by atoms with Crippen LogP contribution in [0.1, 0.15) is 45.4 Å². The van der Waals surface area contributed by atoms with Crippen molar-refractivity contribution in [3.63, 3.8) is 0 Å². The van der Waals surface area contributed by atoms with Gasteiger partial charge in [0.25, 0.3) is 5.91 Å². The van der Waals surface area contributed by atoms with E-state index in [0.717, 1.165) is 61.5 Å². The molecule has 0 unspecified atom stereocenters. The first-order chi connectivity index (χ1) is 13.5. The number of carbonyl (C=O) groups excluding carboxylic acids is 3. The van der Waals surface area contributed by atoms with Crippen molar-refractivity contribution in [2.24, 2.45) is 5.92 Å². The summed E-state index contributed by atoms with van der Waals surface area (Å²) in [6, 6.07) is 7.23. The zero-order chi connectivity index (χ0) is 19.7. The van der Waals surface area contributed by atoms with Gasteiger partial charge in [-0.3, -0.25) is 14.5 Å². The summed E-state index contributed by atoms with van der Waals surface area (Å²) in [7, 11) is 0. The third-order valence-corrected chi connectivity index (χ3v) is 6.43. The van der Waals surface area contributed by atoms with Gasteiger partial charge in [0.1, 0.15) is 12.1 Å². The Morgan fingerprint density at radius 1 is 1.18 bits per heavy atom. The highest BCUT2D eigenvalue weighted by Gasteiger charge is 2.55. The van der Waals surface area contributed by atoms with Crippen LogP contribution in [0, 0.1) is 5.92 Å².